The van der Waals surface area contributed by atoms with E-state index in [1.165, 1.54) is 0 Å². The molecule has 0 saturated heterocycles. The van der Waals surface area contributed by atoms with E-state index in [1.54, 1.807) is 19.1 Å². The average molecular weight is 176 g/mol. The first-order valence-corrected chi connectivity index (χ1v) is 3.81. The average Bonchev–Trinajstić information content (AvgIpc) is 2.20. The van der Waals surface area contributed by atoms with Gasteiger partial charge in [0.25, 0.3) is 0 Å². The second-order valence-corrected chi connectivity index (χ2v) is 2.49. The van der Waals surface area contributed by atoms with E-state index in [4.69, 9.17) is 0 Å². The summed E-state index contributed by atoms with van der Waals surface area (Å²) in [6.07, 6.45) is 1.56. The van der Waals surface area contributed by atoms with Crippen molar-refractivity contribution < 1.29 is 9.59 Å². The predicted octanol–water partition coefficient (Wildman–Crippen LogP) is 2.26. The highest BCUT2D eigenvalue weighted by Crippen LogP contribution is 1.91. The highest BCUT2D eigenvalue weighted by molar-refractivity contribution is 5.74. The summed E-state index contributed by atoms with van der Waals surface area (Å²) >= 11 is 0. The molecule has 0 aliphatic rings. The van der Waals surface area contributed by atoms with Crippen molar-refractivity contribution >= 4 is 12.6 Å². The molecule has 0 fully saturated rings. The van der Waals surface area contributed by atoms with Crippen LogP contribution in [-0.2, 0) is 4.79 Å². The van der Waals surface area contributed by atoms with Crippen LogP contribution in [0.3, 0.4) is 0 Å². The number of aldehydes is 2. The van der Waals surface area contributed by atoms with Crippen molar-refractivity contribution in [1.29, 1.82) is 0 Å². The van der Waals surface area contributed by atoms with Gasteiger partial charge >= 0.3 is 0 Å². The maximum atomic E-state index is 10.0. The van der Waals surface area contributed by atoms with Crippen molar-refractivity contribution in [2.75, 3.05) is 0 Å². The minimum absolute atomic E-state index is 0.574. The SMILES string of the molecule is C=C(C)C=O.O=Cc1ccccc1. The van der Waals surface area contributed by atoms with Crippen molar-refractivity contribution in [1.82, 2.24) is 0 Å². The Hall–Kier alpha value is -1.70. The van der Waals surface area contributed by atoms with Gasteiger partial charge in [0, 0.05) is 5.56 Å². The first-order valence-electron chi connectivity index (χ1n) is 3.81. The van der Waals surface area contributed by atoms with Crippen LogP contribution in [0.5, 0.6) is 0 Å². The molecule has 0 amide bonds. The largest absolute Gasteiger partial charge is 0.298 e. The van der Waals surface area contributed by atoms with Crippen molar-refractivity contribution in [3.8, 4) is 0 Å². The Morgan fingerprint density at radius 2 is 1.69 bits per heavy atom. The summed E-state index contributed by atoms with van der Waals surface area (Å²) in [7, 11) is 0. The van der Waals surface area contributed by atoms with Crippen LogP contribution >= 0.6 is 0 Å². The Labute approximate surface area is 77.9 Å². The Kier molecular flexibility index (Phi) is 6.06. The maximum Gasteiger partial charge on any atom is 0.150 e. The second-order valence-electron chi connectivity index (χ2n) is 2.49. The minimum atomic E-state index is 0.574. The van der Waals surface area contributed by atoms with E-state index in [9.17, 15) is 9.59 Å². The standard InChI is InChI=1S/C7H6O.C4H6O/c8-6-7-4-2-1-3-5-7;1-4(2)3-5/h1-6H;3H,1H2,2H3. The Morgan fingerprint density at radius 3 is 1.92 bits per heavy atom. The molecule has 68 valence electrons. The van der Waals surface area contributed by atoms with Crippen molar-refractivity contribution in [3.63, 3.8) is 0 Å². The van der Waals surface area contributed by atoms with Crippen LogP contribution in [0.2, 0.25) is 0 Å². The summed E-state index contributed by atoms with van der Waals surface area (Å²) in [5, 5.41) is 0. The van der Waals surface area contributed by atoms with E-state index in [0.29, 0.717) is 5.57 Å². The lowest BCUT2D eigenvalue weighted by Crippen LogP contribution is -1.73. The van der Waals surface area contributed by atoms with E-state index in [2.05, 4.69) is 6.58 Å². The van der Waals surface area contributed by atoms with Gasteiger partial charge in [0.15, 0.2) is 0 Å². The fraction of sp³-hybridized carbons (Fsp3) is 0.0909. The molecule has 0 unspecified atom stereocenters. The third kappa shape index (κ3) is 6.69. The van der Waals surface area contributed by atoms with E-state index in [-0.39, 0.29) is 0 Å². The number of hydrogen-bond donors (Lipinski definition) is 0. The van der Waals surface area contributed by atoms with Crippen LogP contribution in [0.1, 0.15) is 17.3 Å². The van der Waals surface area contributed by atoms with Crippen LogP contribution in [-0.4, -0.2) is 12.6 Å². The van der Waals surface area contributed by atoms with Crippen LogP contribution in [0.25, 0.3) is 0 Å². The molecule has 1 rings (SSSR count). The number of allylic oxidation sites excluding steroid dienone is 1. The molecular weight excluding hydrogens is 164 g/mol. The molecule has 0 saturated carbocycles. The molecule has 2 heteroatoms. The van der Waals surface area contributed by atoms with Gasteiger partial charge in [-0.3, -0.25) is 9.59 Å². The van der Waals surface area contributed by atoms with Gasteiger partial charge in [0.1, 0.15) is 12.6 Å². The molecule has 1 aromatic rings. The molecule has 0 N–H and O–H groups in total. The van der Waals surface area contributed by atoms with Gasteiger partial charge in [-0.2, -0.15) is 0 Å². The number of carbonyl (C=O) groups excluding carboxylic acids is 2. The van der Waals surface area contributed by atoms with Crippen LogP contribution in [0.15, 0.2) is 42.5 Å². The van der Waals surface area contributed by atoms with Crippen LogP contribution < -0.4 is 0 Å². The van der Waals surface area contributed by atoms with Crippen LogP contribution in [0.4, 0.5) is 0 Å². The van der Waals surface area contributed by atoms with Gasteiger partial charge in [0.05, 0.1) is 0 Å². The zero-order valence-corrected chi connectivity index (χ0v) is 7.57. The summed E-state index contributed by atoms with van der Waals surface area (Å²) in [6, 6.07) is 9.10. The molecule has 1 aromatic carbocycles. The molecule has 0 aliphatic carbocycles. The zero-order valence-electron chi connectivity index (χ0n) is 7.57. The van der Waals surface area contributed by atoms with Crippen molar-refractivity contribution in [3.05, 3.63) is 48.0 Å². The molecule has 0 aliphatic heterocycles. The van der Waals surface area contributed by atoms with E-state index in [1.807, 2.05) is 18.2 Å². The highest BCUT2D eigenvalue weighted by Gasteiger charge is 1.79. The van der Waals surface area contributed by atoms with Gasteiger partial charge in [-0.1, -0.05) is 36.9 Å². The third-order valence-electron chi connectivity index (χ3n) is 1.14. The summed E-state index contributed by atoms with van der Waals surface area (Å²) in [6.45, 7) is 4.97. The van der Waals surface area contributed by atoms with E-state index >= 15 is 0 Å². The van der Waals surface area contributed by atoms with Crippen molar-refractivity contribution in [2.45, 2.75) is 6.92 Å². The van der Waals surface area contributed by atoms with Gasteiger partial charge in [0.2, 0.25) is 0 Å². The first-order chi connectivity index (χ1) is 6.20. The molecular formula is C11H12O2. The Morgan fingerprint density at radius 1 is 1.23 bits per heavy atom. The monoisotopic (exact) mass is 176 g/mol. The van der Waals surface area contributed by atoms with E-state index in [0.717, 1.165) is 18.1 Å². The van der Waals surface area contributed by atoms with Crippen molar-refractivity contribution in [2.24, 2.45) is 0 Å². The predicted molar refractivity (Wildman–Crippen MR) is 52.7 cm³/mol. The molecule has 2 nitrogen and oxygen atoms in total. The molecule has 0 radical (unpaired) electrons. The molecule has 0 aromatic heterocycles. The molecule has 0 bridgehead atoms. The summed E-state index contributed by atoms with van der Waals surface area (Å²) in [5.41, 5.74) is 1.30. The lowest BCUT2D eigenvalue weighted by atomic mass is 10.2. The Bertz CT molecular complexity index is 275. The molecule has 13 heavy (non-hydrogen) atoms. The van der Waals surface area contributed by atoms with Gasteiger partial charge < -0.3 is 0 Å². The molecule has 0 heterocycles. The quantitative estimate of drug-likeness (QED) is 0.511. The summed E-state index contributed by atoms with van der Waals surface area (Å²) in [5.74, 6) is 0. The van der Waals surface area contributed by atoms with Gasteiger partial charge in [-0.05, 0) is 12.5 Å². The normalized spacial score (nSPS) is 7.77. The maximum absolute atomic E-state index is 10.0. The topological polar surface area (TPSA) is 34.1 Å². The number of hydrogen-bond acceptors (Lipinski definition) is 2. The van der Waals surface area contributed by atoms with Gasteiger partial charge in [-0.15, -0.1) is 0 Å². The highest BCUT2D eigenvalue weighted by atomic mass is 16.1. The minimum Gasteiger partial charge on any atom is -0.298 e. The first kappa shape index (κ1) is 11.3. The van der Waals surface area contributed by atoms with Gasteiger partial charge in [-0.25, -0.2) is 0 Å². The number of benzene rings is 1. The van der Waals surface area contributed by atoms with E-state index < -0.39 is 0 Å². The Balaban J connectivity index is 0.000000252. The number of carbonyl (C=O) groups is 2. The van der Waals surface area contributed by atoms with Crippen LogP contribution in [0, 0.1) is 0 Å². The fourth-order valence-electron chi connectivity index (χ4n) is 0.532. The third-order valence-corrected chi connectivity index (χ3v) is 1.14. The summed E-state index contributed by atoms with van der Waals surface area (Å²) in [4.78, 5) is 19.4. The lowest BCUT2D eigenvalue weighted by Gasteiger charge is -1.81. The summed E-state index contributed by atoms with van der Waals surface area (Å²) < 4.78 is 0. The lowest BCUT2D eigenvalue weighted by molar-refractivity contribution is -0.104. The molecule has 0 atom stereocenters. The smallest absolute Gasteiger partial charge is 0.150 e. The zero-order chi connectivity index (χ0) is 10.1. The molecule has 0 spiro atoms. The second kappa shape index (κ2) is 6.98. The fourth-order valence-corrected chi connectivity index (χ4v) is 0.532. The number of rotatable bonds is 2.